The Morgan fingerprint density at radius 2 is 1.68 bits per heavy atom. The fourth-order valence-corrected chi connectivity index (χ4v) is 6.20. The number of ether oxygens (including phenoxy) is 1. The first kappa shape index (κ1) is 22.6. The normalized spacial score (nSPS) is 25.2. The van der Waals surface area contributed by atoms with Crippen LogP contribution >= 0.6 is 0 Å². The minimum Gasteiger partial charge on any atom is -0.462 e. The van der Waals surface area contributed by atoms with E-state index in [1.165, 1.54) is 15.6 Å². The molecular weight excluding hydrogens is 414 g/mol. The van der Waals surface area contributed by atoms with E-state index in [2.05, 4.69) is 41.0 Å². The van der Waals surface area contributed by atoms with E-state index in [1.54, 1.807) is 6.92 Å². The van der Waals surface area contributed by atoms with E-state index < -0.39 is 15.4 Å². The fourth-order valence-electron chi connectivity index (χ4n) is 5.09. The van der Waals surface area contributed by atoms with Gasteiger partial charge < -0.3 is 9.64 Å². The van der Waals surface area contributed by atoms with E-state index >= 15 is 0 Å². The van der Waals surface area contributed by atoms with Gasteiger partial charge in [0, 0.05) is 57.9 Å². The summed E-state index contributed by atoms with van der Waals surface area (Å²) in [5, 5.41) is 0. The number of cyclic esters (lactones) is 1. The third-order valence-electron chi connectivity index (χ3n) is 7.30. The maximum Gasteiger partial charge on any atom is 0.312 e. The third-order valence-corrected chi connectivity index (χ3v) is 9.18. The number of carbonyl (C=O) groups excluding carboxylic acids is 1. The molecular formula is C23H35N3O4S. The molecule has 172 valence electrons. The molecule has 3 heterocycles. The number of hydrogen-bond acceptors (Lipinski definition) is 6. The van der Waals surface area contributed by atoms with E-state index in [0.29, 0.717) is 25.9 Å². The molecule has 1 aromatic rings. The number of sulfonamides is 1. The number of benzene rings is 1. The van der Waals surface area contributed by atoms with Gasteiger partial charge in [-0.05, 0) is 45.2 Å². The second kappa shape index (κ2) is 9.08. The molecule has 1 unspecified atom stereocenters. The number of aryl methyl sites for hydroxylation is 1. The van der Waals surface area contributed by atoms with E-state index in [9.17, 15) is 13.2 Å². The molecule has 3 aliphatic heterocycles. The number of rotatable bonds is 6. The van der Waals surface area contributed by atoms with Crippen LogP contribution in [0.25, 0.3) is 0 Å². The summed E-state index contributed by atoms with van der Waals surface area (Å²) >= 11 is 0. The van der Waals surface area contributed by atoms with Crippen molar-refractivity contribution in [2.24, 2.45) is 5.41 Å². The molecule has 0 bridgehead atoms. The molecule has 0 radical (unpaired) electrons. The Labute approximate surface area is 186 Å². The second-order valence-corrected chi connectivity index (χ2v) is 11.5. The molecule has 0 amide bonds. The van der Waals surface area contributed by atoms with Crippen molar-refractivity contribution in [1.29, 1.82) is 0 Å². The van der Waals surface area contributed by atoms with Crippen molar-refractivity contribution in [3.8, 4) is 0 Å². The van der Waals surface area contributed by atoms with Crippen LogP contribution in [0, 0.1) is 12.3 Å². The molecule has 3 aliphatic rings. The molecule has 8 heteroatoms. The minimum atomic E-state index is -3.18. The standard InChI is InChI=1S/C23H35N3O4S/c1-3-31(28,29)26-12-9-23(10-13-26)18-21(30-22(23)27)8-11-24-14-16-25(17-15-24)20-6-4-19(2)5-7-20/h4-7,21H,3,8-18H2,1-2H3. The van der Waals surface area contributed by atoms with Gasteiger partial charge in [0.05, 0.1) is 11.2 Å². The lowest BCUT2D eigenvalue weighted by Gasteiger charge is -2.36. The number of esters is 1. The van der Waals surface area contributed by atoms with Crippen LogP contribution in [0.5, 0.6) is 0 Å². The number of hydrogen-bond donors (Lipinski definition) is 0. The largest absolute Gasteiger partial charge is 0.462 e. The molecule has 1 aromatic carbocycles. The minimum absolute atomic E-state index is 0.0445. The van der Waals surface area contributed by atoms with Crippen molar-refractivity contribution >= 4 is 21.7 Å². The van der Waals surface area contributed by atoms with Gasteiger partial charge in [0.2, 0.25) is 10.0 Å². The first-order chi connectivity index (χ1) is 14.8. The molecule has 1 spiro atoms. The summed E-state index contributed by atoms with van der Waals surface area (Å²) in [5.41, 5.74) is 2.09. The van der Waals surface area contributed by atoms with Crippen molar-refractivity contribution < 1.29 is 17.9 Å². The summed E-state index contributed by atoms with van der Waals surface area (Å²) in [6, 6.07) is 8.71. The van der Waals surface area contributed by atoms with Gasteiger partial charge in [-0.1, -0.05) is 17.7 Å². The molecule has 0 aromatic heterocycles. The fraction of sp³-hybridized carbons (Fsp3) is 0.696. The lowest BCUT2D eigenvalue weighted by molar-refractivity contribution is -0.150. The molecule has 0 N–H and O–H groups in total. The van der Waals surface area contributed by atoms with Gasteiger partial charge in [0.1, 0.15) is 6.10 Å². The quantitative estimate of drug-likeness (QED) is 0.621. The third kappa shape index (κ3) is 4.91. The summed E-state index contributed by atoms with van der Waals surface area (Å²) in [5.74, 6) is -0.000196. The highest BCUT2D eigenvalue weighted by Crippen LogP contribution is 2.44. The smallest absolute Gasteiger partial charge is 0.312 e. The maximum absolute atomic E-state index is 12.7. The maximum atomic E-state index is 12.7. The first-order valence-electron chi connectivity index (χ1n) is 11.5. The van der Waals surface area contributed by atoms with Crippen LogP contribution in [-0.4, -0.2) is 81.3 Å². The summed E-state index contributed by atoms with van der Waals surface area (Å²) in [6.07, 6.45) is 2.70. The Balaban J connectivity index is 1.23. The van der Waals surface area contributed by atoms with Crippen LogP contribution in [0.1, 0.15) is 38.2 Å². The van der Waals surface area contributed by atoms with Crippen molar-refractivity contribution in [3.05, 3.63) is 29.8 Å². The molecule has 4 rings (SSSR count). The predicted octanol–water partition coefficient (Wildman–Crippen LogP) is 2.25. The van der Waals surface area contributed by atoms with Crippen molar-refractivity contribution in [2.45, 2.75) is 45.6 Å². The molecule has 31 heavy (non-hydrogen) atoms. The number of piperidine rings is 1. The average molecular weight is 450 g/mol. The number of anilines is 1. The Morgan fingerprint density at radius 1 is 1.03 bits per heavy atom. The molecule has 1 atom stereocenters. The molecule has 3 fully saturated rings. The zero-order valence-electron chi connectivity index (χ0n) is 18.8. The Hall–Kier alpha value is -1.64. The van der Waals surface area contributed by atoms with E-state index in [0.717, 1.165) is 45.6 Å². The summed E-state index contributed by atoms with van der Waals surface area (Å²) in [6.45, 7) is 9.63. The number of carbonyl (C=O) groups is 1. The molecule has 7 nitrogen and oxygen atoms in total. The molecule has 3 saturated heterocycles. The number of piperazine rings is 1. The van der Waals surface area contributed by atoms with E-state index in [1.807, 2.05) is 0 Å². The van der Waals surface area contributed by atoms with Crippen molar-refractivity contribution in [1.82, 2.24) is 9.21 Å². The van der Waals surface area contributed by atoms with Gasteiger partial charge in [-0.15, -0.1) is 0 Å². The Bertz CT molecular complexity index is 871. The summed E-state index contributed by atoms with van der Waals surface area (Å²) in [4.78, 5) is 17.5. The lowest BCUT2D eigenvalue weighted by Crippen LogP contribution is -2.47. The SMILES string of the molecule is CCS(=O)(=O)N1CCC2(CC1)CC(CCN1CCN(c3ccc(C)cc3)CC1)OC2=O. The monoisotopic (exact) mass is 449 g/mol. The van der Waals surface area contributed by atoms with Gasteiger partial charge in [-0.2, -0.15) is 0 Å². The van der Waals surface area contributed by atoms with Gasteiger partial charge in [0.15, 0.2) is 0 Å². The Morgan fingerprint density at radius 3 is 2.29 bits per heavy atom. The van der Waals surface area contributed by atoms with Crippen molar-refractivity contribution in [2.75, 3.05) is 56.5 Å². The zero-order valence-corrected chi connectivity index (χ0v) is 19.6. The van der Waals surface area contributed by atoms with Gasteiger partial charge in [0.25, 0.3) is 0 Å². The molecule has 0 saturated carbocycles. The lowest BCUT2D eigenvalue weighted by atomic mass is 9.76. The van der Waals surface area contributed by atoms with E-state index in [4.69, 9.17) is 4.74 Å². The van der Waals surface area contributed by atoms with Crippen LogP contribution in [0.4, 0.5) is 5.69 Å². The van der Waals surface area contributed by atoms with Gasteiger partial charge in [-0.3, -0.25) is 9.69 Å². The predicted molar refractivity (Wildman–Crippen MR) is 122 cm³/mol. The highest BCUT2D eigenvalue weighted by atomic mass is 32.2. The highest BCUT2D eigenvalue weighted by Gasteiger charge is 2.51. The average Bonchev–Trinajstić information content (AvgIpc) is 3.08. The van der Waals surface area contributed by atoms with Gasteiger partial charge >= 0.3 is 5.97 Å². The van der Waals surface area contributed by atoms with Crippen LogP contribution in [0.3, 0.4) is 0 Å². The highest BCUT2D eigenvalue weighted by molar-refractivity contribution is 7.89. The Kier molecular flexibility index (Phi) is 6.60. The van der Waals surface area contributed by atoms with E-state index in [-0.39, 0.29) is 17.8 Å². The molecule has 0 aliphatic carbocycles. The topological polar surface area (TPSA) is 70.2 Å². The van der Waals surface area contributed by atoms with Crippen LogP contribution in [0.2, 0.25) is 0 Å². The summed E-state index contributed by atoms with van der Waals surface area (Å²) < 4.78 is 31.5. The summed E-state index contributed by atoms with van der Waals surface area (Å²) in [7, 11) is -3.18. The first-order valence-corrected chi connectivity index (χ1v) is 13.2. The van der Waals surface area contributed by atoms with Crippen molar-refractivity contribution in [3.63, 3.8) is 0 Å². The van der Waals surface area contributed by atoms with Gasteiger partial charge in [-0.25, -0.2) is 12.7 Å². The zero-order chi connectivity index (χ0) is 22.1. The van der Waals surface area contributed by atoms with Crippen LogP contribution in [-0.2, 0) is 19.6 Å². The van der Waals surface area contributed by atoms with Crippen LogP contribution in [0.15, 0.2) is 24.3 Å². The number of nitrogens with zero attached hydrogens (tertiary/aromatic N) is 3. The van der Waals surface area contributed by atoms with Crippen LogP contribution < -0.4 is 4.90 Å². The second-order valence-electron chi connectivity index (χ2n) is 9.26.